The van der Waals surface area contributed by atoms with Crippen LogP contribution in [0.1, 0.15) is 91.4 Å². The van der Waals surface area contributed by atoms with E-state index in [4.69, 9.17) is 4.74 Å². The van der Waals surface area contributed by atoms with Crippen molar-refractivity contribution in [1.82, 2.24) is 10.2 Å². The van der Waals surface area contributed by atoms with E-state index in [0.717, 1.165) is 36.0 Å². The number of hydrogen-bond donors (Lipinski definition) is 3. The molecule has 3 atom stereocenters. The van der Waals surface area contributed by atoms with Gasteiger partial charge in [0.25, 0.3) is 0 Å². The summed E-state index contributed by atoms with van der Waals surface area (Å²) in [5.74, 6) is 2.37. The number of aromatic hydroxyl groups is 1. The number of hydrogen-bond acceptors (Lipinski definition) is 7. The Hall–Kier alpha value is -4.82. The first kappa shape index (κ1) is 34.9. The quantitative estimate of drug-likeness (QED) is 0.160. The number of likely N-dealkylation sites (tertiary alicyclic amines) is 1. The van der Waals surface area contributed by atoms with Crippen molar-refractivity contribution in [3.05, 3.63) is 119 Å². The van der Waals surface area contributed by atoms with Gasteiger partial charge in [0.05, 0.1) is 6.61 Å². The molecule has 8 nitrogen and oxygen atoms in total. The molecule has 3 N–H and O–H groups in total. The van der Waals surface area contributed by atoms with Crippen molar-refractivity contribution in [3.63, 3.8) is 0 Å². The number of amides is 2. The summed E-state index contributed by atoms with van der Waals surface area (Å²) >= 11 is 0. The van der Waals surface area contributed by atoms with E-state index in [9.17, 15) is 14.7 Å². The van der Waals surface area contributed by atoms with Gasteiger partial charge in [0.2, 0.25) is 11.8 Å². The number of piperidine rings is 2. The average molecular weight is 725 g/mol. The second-order valence-electron chi connectivity index (χ2n) is 16.8. The zero-order valence-corrected chi connectivity index (χ0v) is 31.1. The highest BCUT2D eigenvalue weighted by atomic mass is 16.5. The summed E-state index contributed by atoms with van der Waals surface area (Å²) < 4.78 is 6.18. The van der Waals surface area contributed by atoms with Crippen LogP contribution in [0.3, 0.4) is 0 Å². The molecule has 1 saturated carbocycles. The minimum Gasteiger partial charge on any atom is -0.508 e. The molecule has 54 heavy (non-hydrogen) atoms. The molecule has 4 aliphatic heterocycles. The number of ether oxygens (including phenoxy) is 1. The standard InChI is InChI=1S/C46H52N4O4/c51-38-14-15-39-42(26-38)54-28-40(34-4-2-1-3-5-34)44(39)35-8-12-37(13-9-35)50-29-46(30-50)22-18-31(19-23-46)27-49-24-20-33(21-25-49)32-6-10-36(11-7-32)47-41-16-17-43(52)48-45(41)53/h1-15,26,31,33,40-41,44,47,51H,16-25,27-30H2,(H,48,52,53)/t40-,41+,44-/m0/s1. The maximum absolute atomic E-state index is 12.1. The minimum absolute atomic E-state index is 0.164. The van der Waals surface area contributed by atoms with Gasteiger partial charge in [0.15, 0.2) is 0 Å². The van der Waals surface area contributed by atoms with Crippen LogP contribution >= 0.6 is 0 Å². The lowest BCUT2D eigenvalue weighted by atomic mass is 9.65. The van der Waals surface area contributed by atoms with Crippen molar-refractivity contribution in [2.24, 2.45) is 11.3 Å². The van der Waals surface area contributed by atoms with Crippen molar-refractivity contribution in [2.75, 3.05) is 49.5 Å². The first-order valence-corrected chi connectivity index (χ1v) is 20.2. The molecule has 0 bridgehead atoms. The molecular formula is C46H52N4O4. The topological polar surface area (TPSA) is 94.1 Å². The summed E-state index contributed by atoms with van der Waals surface area (Å²) in [7, 11) is 0. The second-order valence-corrected chi connectivity index (χ2v) is 16.8. The highest BCUT2D eigenvalue weighted by Gasteiger charge is 2.45. The maximum atomic E-state index is 12.1. The van der Waals surface area contributed by atoms with Crippen LogP contribution < -0.4 is 20.3 Å². The van der Waals surface area contributed by atoms with Crippen LogP contribution in [0.4, 0.5) is 11.4 Å². The third-order valence-electron chi connectivity index (χ3n) is 13.3. The van der Waals surface area contributed by atoms with Crippen LogP contribution in [-0.2, 0) is 9.59 Å². The highest BCUT2D eigenvalue weighted by Crippen LogP contribution is 2.49. The number of benzene rings is 4. The van der Waals surface area contributed by atoms with Gasteiger partial charge in [0, 0.05) is 66.3 Å². The summed E-state index contributed by atoms with van der Waals surface area (Å²) in [6.07, 6.45) is 8.68. The number of imide groups is 1. The van der Waals surface area contributed by atoms with E-state index in [-0.39, 0.29) is 35.4 Å². The summed E-state index contributed by atoms with van der Waals surface area (Å²) in [6.45, 7) is 6.49. The normalized spacial score (nSPS) is 24.7. The van der Waals surface area contributed by atoms with Crippen molar-refractivity contribution in [2.45, 2.75) is 75.2 Å². The maximum Gasteiger partial charge on any atom is 0.249 e. The lowest BCUT2D eigenvalue weighted by Crippen LogP contribution is -2.58. The molecule has 4 aromatic rings. The Balaban J connectivity index is 0.745. The third kappa shape index (κ3) is 7.20. The van der Waals surface area contributed by atoms with E-state index >= 15 is 0 Å². The lowest BCUT2D eigenvalue weighted by molar-refractivity contribution is -0.133. The molecular weight excluding hydrogens is 673 g/mol. The molecule has 0 unspecified atom stereocenters. The van der Waals surface area contributed by atoms with Crippen LogP contribution in [0.25, 0.3) is 0 Å². The van der Waals surface area contributed by atoms with E-state index in [2.05, 4.69) is 99.3 Å². The predicted molar refractivity (Wildman–Crippen MR) is 212 cm³/mol. The molecule has 0 aromatic heterocycles. The highest BCUT2D eigenvalue weighted by molar-refractivity contribution is 6.01. The number of phenols is 1. The van der Waals surface area contributed by atoms with Crippen molar-refractivity contribution >= 4 is 23.2 Å². The number of phenolic OH excluding ortho intramolecular Hbond substituents is 1. The Morgan fingerprint density at radius 1 is 0.796 bits per heavy atom. The average Bonchev–Trinajstić information content (AvgIpc) is 3.19. The van der Waals surface area contributed by atoms with Crippen LogP contribution in [0.15, 0.2) is 97.1 Å². The van der Waals surface area contributed by atoms with Gasteiger partial charge >= 0.3 is 0 Å². The van der Waals surface area contributed by atoms with Gasteiger partial charge in [-0.25, -0.2) is 0 Å². The fourth-order valence-corrected chi connectivity index (χ4v) is 10.1. The van der Waals surface area contributed by atoms with Crippen LogP contribution in [0, 0.1) is 11.3 Å². The third-order valence-corrected chi connectivity index (χ3v) is 13.3. The van der Waals surface area contributed by atoms with Gasteiger partial charge < -0.3 is 25.0 Å². The first-order chi connectivity index (χ1) is 26.4. The molecule has 4 aromatic carbocycles. The summed E-state index contributed by atoms with van der Waals surface area (Å²) in [4.78, 5) is 28.9. The molecule has 4 fully saturated rings. The van der Waals surface area contributed by atoms with Gasteiger partial charge in [-0.2, -0.15) is 0 Å². The Morgan fingerprint density at radius 3 is 2.24 bits per heavy atom. The number of nitrogens with zero attached hydrogens (tertiary/aromatic N) is 2. The zero-order valence-electron chi connectivity index (χ0n) is 31.1. The van der Waals surface area contributed by atoms with E-state index in [0.29, 0.717) is 30.8 Å². The Morgan fingerprint density at radius 2 is 1.52 bits per heavy atom. The molecule has 0 radical (unpaired) electrons. The molecule has 9 rings (SSSR count). The summed E-state index contributed by atoms with van der Waals surface area (Å²) in [5.41, 5.74) is 7.83. The van der Waals surface area contributed by atoms with Gasteiger partial charge in [0.1, 0.15) is 17.5 Å². The van der Waals surface area contributed by atoms with Gasteiger partial charge in [-0.15, -0.1) is 0 Å². The van der Waals surface area contributed by atoms with Gasteiger partial charge in [-0.1, -0.05) is 60.7 Å². The SMILES string of the molecule is O=C1CC[C@@H](Nc2ccc(C3CCN(CC4CCC5(CC4)CN(c4ccc([C@H]6c7ccc(O)cc7OC[C@H]6c6ccccc6)cc4)C5)CC3)cc2)C(=O)N1. The van der Waals surface area contributed by atoms with Crippen LogP contribution in [-0.4, -0.2) is 67.2 Å². The van der Waals surface area contributed by atoms with Gasteiger partial charge in [-0.05, 0) is 117 Å². The Bertz CT molecular complexity index is 1940. The van der Waals surface area contributed by atoms with Crippen LogP contribution in [0.5, 0.6) is 11.5 Å². The summed E-state index contributed by atoms with van der Waals surface area (Å²) in [5, 5.41) is 15.9. The summed E-state index contributed by atoms with van der Waals surface area (Å²) in [6, 6.07) is 33.8. The Labute approximate surface area is 318 Å². The monoisotopic (exact) mass is 724 g/mol. The number of anilines is 2. The van der Waals surface area contributed by atoms with Crippen molar-refractivity contribution in [3.8, 4) is 11.5 Å². The molecule has 5 aliphatic rings. The lowest BCUT2D eigenvalue weighted by Gasteiger charge is -2.55. The molecule has 4 heterocycles. The second kappa shape index (κ2) is 14.8. The van der Waals surface area contributed by atoms with E-state index in [1.165, 1.54) is 80.5 Å². The fraction of sp³-hybridized carbons (Fsp3) is 0.435. The number of fused-ring (bicyclic) bond motifs is 1. The molecule has 280 valence electrons. The van der Waals surface area contributed by atoms with E-state index in [1.54, 1.807) is 12.1 Å². The first-order valence-electron chi connectivity index (χ1n) is 20.2. The van der Waals surface area contributed by atoms with Crippen LogP contribution in [0.2, 0.25) is 0 Å². The zero-order chi connectivity index (χ0) is 36.6. The van der Waals surface area contributed by atoms with Crippen molar-refractivity contribution in [1.29, 1.82) is 0 Å². The Kier molecular flexibility index (Phi) is 9.56. The minimum atomic E-state index is -0.345. The van der Waals surface area contributed by atoms with E-state index in [1.807, 2.05) is 6.07 Å². The molecule has 3 saturated heterocycles. The predicted octanol–water partition coefficient (Wildman–Crippen LogP) is 7.79. The smallest absolute Gasteiger partial charge is 0.249 e. The number of carbonyl (C=O) groups is 2. The number of carbonyl (C=O) groups excluding carboxylic acids is 2. The largest absolute Gasteiger partial charge is 0.508 e. The van der Waals surface area contributed by atoms with Gasteiger partial charge in [-0.3, -0.25) is 14.9 Å². The fourth-order valence-electron chi connectivity index (χ4n) is 10.1. The molecule has 1 aliphatic carbocycles. The molecule has 8 heteroatoms. The number of nitrogens with one attached hydrogen (secondary N) is 2. The van der Waals surface area contributed by atoms with Crippen molar-refractivity contribution < 1.29 is 19.4 Å². The number of rotatable bonds is 8. The molecule has 1 spiro atoms. The van der Waals surface area contributed by atoms with E-state index < -0.39 is 0 Å². The molecule has 2 amide bonds.